The third-order valence-electron chi connectivity index (χ3n) is 3.86. The molecule has 1 saturated heterocycles. The van der Waals surface area contributed by atoms with E-state index in [1.807, 2.05) is 17.0 Å². The molecule has 0 aromatic heterocycles. The summed E-state index contributed by atoms with van der Waals surface area (Å²) in [6, 6.07) is 14.7. The number of amides is 1. The highest BCUT2D eigenvalue weighted by molar-refractivity contribution is 5.87. The van der Waals surface area contributed by atoms with Gasteiger partial charge in [-0.25, -0.2) is 0 Å². The first-order chi connectivity index (χ1) is 9.16. The zero-order chi connectivity index (χ0) is 13.4. The van der Waals surface area contributed by atoms with Crippen molar-refractivity contribution in [2.45, 2.75) is 19.4 Å². The summed E-state index contributed by atoms with van der Waals surface area (Å²) in [7, 11) is 0. The molecule has 0 saturated carbocycles. The van der Waals surface area contributed by atoms with Crippen molar-refractivity contribution in [1.29, 1.82) is 0 Å². The molecule has 0 bridgehead atoms. The molecule has 0 aliphatic carbocycles. The van der Waals surface area contributed by atoms with E-state index in [0.29, 0.717) is 13.0 Å². The molecule has 1 atom stereocenters. The monoisotopic (exact) mass is 251 g/mol. The first-order valence-electron chi connectivity index (χ1n) is 6.60. The van der Waals surface area contributed by atoms with Gasteiger partial charge in [-0.05, 0) is 28.8 Å². The van der Waals surface area contributed by atoms with Crippen LogP contribution in [0.4, 0.5) is 0 Å². The molecule has 96 valence electrons. The summed E-state index contributed by atoms with van der Waals surface area (Å²) in [6.45, 7) is 6.71. The van der Waals surface area contributed by atoms with Crippen LogP contribution in [0.2, 0.25) is 0 Å². The van der Waals surface area contributed by atoms with Crippen molar-refractivity contribution in [3.05, 3.63) is 60.2 Å². The summed E-state index contributed by atoms with van der Waals surface area (Å²) in [4.78, 5) is 13.9. The molecule has 2 aromatic carbocycles. The fourth-order valence-electron chi connectivity index (χ4n) is 2.84. The molecule has 1 amide bonds. The Hall–Kier alpha value is -2.09. The lowest BCUT2D eigenvalue weighted by atomic mass is 9.99. The maximum atomic E-state index is 12.0. The highest BCUT2D eigenvalue weighted by atomic mass is 16.2. The number of rotatable bonds is 2. The van der Waals surface area contributed by atoms with Gasteiger partial charge >= 0.3 is 0 Å². The van der Waals surface area contributed by atoms with Gasteiger partial charge < -0.3 is 4.90 Å². The summed E-state index contributed by atoms with van der Waals surface area (Å²) < 4.78 is 0. The second-order valence-electron chi connectivity index (χ2n) is 5.19. The Bertz CT molecular complexity index is 654. The quantitative estimate of drug-likeness (QED) is 0.745. The summed E-state index contributed by atoms with van der Waals surface area (Å²) in [5.41, 5.74) is 2.22. The predicted molar refractivity (Wildman–Crippen MR) is 77.8 cm³/mol. The molecule has 2 aromatic rings. The van der Waals surface area contributed by atoms with Gasteiger partial charge in [0.05, 0.1) is 6.04 Å². The lowest BCUT2D eigenvalue weighted by Gasteiger charge is -2.25. The highest BCUT2D eigenvalue weighted by Crippen LogP contribution is 2.31. The zero-order valence-electron chi connectivity index (χ0n) is 11.1. The number of hydrogen-bond donors (Lipinski definition) is 0. The van der Waals surface area contributed by atoms with Crippen LogP contribution in [0.25, 0.3) is 10.8 Å². The molecule has 2 heteroatoms. The van der Waals surface area contributed by atoms with Crippen molar-refractivity contribution in [2.75, 3.05) is 6.54 Å². The Kier molecular flexibility index (Phi) is 2.86. The Morgan fingerprint density at radius 2 is 1.89 bits per heavy atom. The van der Waals surface area contributed by atoms with Crippen molar-refractivity contribution >= 4 is 16.7 Å². The van der Waals surface area contributed by atoms with Crippen LogP contribution in [0, 0.1) is 0 Å². The maximum absolute atomic E-state index is 12.0. The van der Waals surface area contributed by atoms with Gasteiger partial charge in [0.2, 0.25) is 5.91 Å². The van der Waals surface area contributed by atoms with E-state index in [1.165, 1.54) is 16.3 Å². The highest BCUT2D eigenvalue weighted by Gasteiger charge is 2.28. The molecule has 0 radical (unpaired) electrons. The van der Waals surface area contributed by atoms with Gasteiger partial charge in [0.25, 0.3) is 0 Å². The van der Waals surface area contributed by atoms with Crippen LogP contribution in [-0.2, 0) is 4.79 Å². The van der Waals surface area contributed by atoms with Crippen LogP contribution in [0.5, 0.6) is 0 Å². The molecular formula is C17H17NO. The number of carbonyl (C=O) groups excluding carboxylic acids is 1. The molecule has 1 heterocycles. The van der Waals surface area contributed by atoms with Gasteiger partial charge in [-0.15, -0.1) is 0 Å². The van der Waals surface area contributed by atoms with Crippen LogP contribution in [0.15, 0.2) is 54.6 Å². The van der Waals surface area contributed by atoms with E-state index in [-0.39, 0.29) is 11.9 Å². The van der Waals surface area contributed by atoms with Crippen molar-refractivity contribution in [3.8, 4) is 0 Å². The Labute approximate surface area is 113 Å². The number of likely N-dealkylation sites (tertiary alicyclic amines) is 1. The Balaban J connectivity index is 2.04. The van der Waals surface area contributed by atoms with Gasteiger partial charge in [0.15, 0.2) is 0 Å². The molecule has 3 rings (SSSR count). The summed E-state index contributed by atoms with van der Waals surface area (Å²) in [6.07, 6.45) is 0.495. The van der Waals surface area contributed by atoms with E-state index in [1.54, 1.807) is 0 Å². The standard InChI is InChI=1S/C17H17NO/c1-12-10-17(19)18(11-12)13(2)15-9-5-7-14-6-3-4-8-16(14)15/h3-9,13H,1,10-11H2,2H3/t13-/m1/s1. The number of hydrogen-bond acceptors (Lipinski definition) is 1. The summed E-state index contributed by atoms with van der Waals surface area (Å²) >= 11 is 0. The molecule has 19 heavy (non-hydrogen) atoms. The van der Waals surface area contributed by atoms with Gasteiger partial charge in [-0.1, -0.05) is 49.0 Å². The lowest BCUT2D eigenvalue weighted by Crippen LogP contribution is -2.28. The van der Waals surface area contributed by atoms with E-state index in [0.717, 1.165) is 5.57 Å². The summed E-state index contributed by atoms with van der Waals surface area (Å²) in [5.74, 6) is 0.186. The minimum Gasteiger partial charge on any atom is -0.332 e. The van der Waals surface area contributed by atoms with E-state index >= 15 is 0 Å². The van der Waals surface area contributed by atoms with Crippen LogP contribution in [-0.4, -0.2) is 17.4 Å². The smallest absolute Gasteiger partial charge is 0.227 e. The van der Waals surface area contributed by atoms with Crippen molar-refractivity contribution in [3.63, 3.8) is 0 Å². The van der Waals surface area contributed by atoms with Gasteiger partial charge in [-0.2, -0.15) is 0 Å². The maximum Gasteiger partial charge on any atom is 0.227 e. The minimum atomic E-state index is 0.0952. The van der Waals surface area contributed by atoms with Crippen molar-refractivity contribution in [1.82, 2.24) is 4.90 Å². The Morgan fingerprint density at radius 3 is 2.63 bits per heavy atom. The molecule has 0 spiro atoms. The molecule has 0 unspecified atom stereocenters. The Morgan fingerprint density at radius 1 is 1.16 bits per heavy atom. The predicted octanol–water partition coefficient (Wildman–Crippen LogP) is 3.69. The molecule has 0 N–H and O–H groups in total. The normalized spacial score (nSPS) is 17.2. The molecule has 2 nitrogen and oxygen atoms in total. The van der Waals surface area contributed by atoms with Crippen LogP contribution >= 0.6 is 0 Å². The van der Waals surface area contributed by atoms with E-state index in [4.69, 9.17) is 0 Å². The minimum absolute atomic E-state index is 0.0952. The molecule has 1 aliphatic heterocycles. The van der Waals surface area contributed by atoms with Crippen molar-refractivity contribution < 1.29 is 4.79 Å². The topological polar surface area (TPSA) is 20.3 Å². The fraction of sp³-hybridized carbons (Fsp3) is 0.235. The average Bonchev–Trinajstić information content (AvgIpc) is 2.76. The zero-order valence-corrected chi connectivity index (χ0v) is 11.1. The fourth-order valence-corrected chi connectivity index (χ4v) is 2.84. The van der Waals surface area contributed by atoms with Gasteiger partial charge in [-0.3, -0.25) is 4.79 Å². The van der Waals surface area contributed by atoms with E-state index in [9.17, 15) is 4.79 Å². The van der Waals surface area contributed by atoms with Gasteiger partial charge in [0.1, 0.15) is 0 Å². The van der Waals surface area contributed by atoms with Crippen molar-refractivity contribution in [2.24, 2.45) is 0 Å². The number of fused-ring (bicyclic) bond motifs is 1. The number of carbonyl (C=O) groups is 1. The molecule has 1 aliphatic rings. The lowest BCUT2D eigenvalue weighted by molar-refractivity contribution is -0.129. The second-order valence-corrected chi connectivity index (χ2v) is 5.19. The van der Waals surface area contributed by atoms with Crippen LogP contribution < -0.4 is 0 Å². The first kappa shape index (κ1) is 12.0. The van der Waals surface area contributed by atoms with E-state index in [2.05, 4.69) is 43.8 Å². The number of benzene rings is 2. The SMILES string of the molecule is C=C1CC(=O)N([C@H](C)c2cccc3ccccc23)C1. The van der Waals surface area contributed by atoms with Gasteiger partial charge in [0, 0.05) is 13.0 Å². The average molecular weight is 251 g/mol. The molecular weight excluding hydrogens is 234 g/mol. The molecule has 1 fully saturated rings. The first-order valence-corrected chi connectivity index (χ1v) is 6.60. The van der Waals surface area contributed by atoms with Crippen LogP contribution in [0.1, 0.15) is 24.9 Å². The second kappa shape index (κ2) is 4.54. The van der Waals surface area contributed by atoms with Crippen LogP contribution in [0.3, 0.4) is 0 Å². The largest absolute Gasteiger partial charge is 0.332 e. The number of nitrogens with zero attached hydrogens (tertiary/aromatic N) is 1. The third-order valence-corrected chi connectivity index (χ3v) is 3.86. The summed E-state index contributed by atoms with van der Waals surface area (Å²) in [5, 5.41) is 2.44. The van der Waals surface area contributed by atoms with E-state index < -0.39 is 0 Å². The third kappa shape index (κ3) is 2.03.